The Morgan fingerprint density at radius 2 is 1.74 bits per heavy atom. The van der Waals surface area contributed by atoms with E-state index in [-0.39, 0.29) is 10.0 Å². The Morgan fingerprint density at radius 3 is 2.37 bits per heavy atom. The summed E-state index contributed by atoms with van der Waals surface area (Å²) in [6, 6.07) is 7.07. The fourth-order valence-corrected chi connectivity index (χ4v) is 2.54. The molecule has 2 aromatic carbocycles. The van der Waals surface area contributed by atoms with Crippen LogP contribution in [0.15, 0.2) is 39.3 Å². The Morgan fingerprint density at radius 1 is 1.05 bits per heavy atom. The third kappa shape index (κ3) is 2.88. The predicted octanol–water partition coefficient (Wildman–Crippen LogP) is 4.85. The van der Waals surface area contributed by atoms with E-state index in [1.54, 1.807) is 12.1 Å². The van der Waals surface area contributed by atoms with Gasteiger partial charge in [0.15, 0.2) is 0 Å². The van der Waals surface area contributed by atoms with Gasteiger partial charge in [0.2, 0.25) is 0 Å². The Hall–Kier alpha value is -0.780. The molecule has 0 fully saturated rings. The molecule has 0 amide bonds. The molecule has 19 heavy (non-hydrogen) atoms. The molecule has 0 aliphatic rings. The van der Waals surface area contributed by atoms with Crippen LogP contribution in [0.1, 0.15) is 22.7 Å². The monoisotopic (exact) mass is 389 g/mol. The summed E-state index contributed by atoms with van der Waals surface area (Å²) in [6.45, 7) is 1.93. The summed E-state index contributed by atoms with van der Waals surface area (Å²) >= 11 is 6.43. The molecule has 0 aromatic heterocycles. The van der Waals surface area contributed by atoms with Crippen molar-refractivity contribution >= 4 is 31.9 Å². The average molecular weight is 391 g/mol. The Balaban J connectivity index is 2.52. The summed E-state index contributed by atoms with van der Waals surface area (Å²) in [6.07, 6.45) is 0. The van der Waals surface area contributed by atoms with E-state index >= 15 is 0 Å². The van der Waals surface area contributed by atoms with Gasteiger partial charge in [0.1, 0.15) is 11.6 Å². The summed E-state index contributed by atoms with van der Waals surface area (Å²) < 4.78 is 28.9. The molecule has 0 bridgehead atoms. The number of benzene rings is 2. The highest BCUT2D eigenvalue weighted by atomic mass is 79.9. The molecule has 0 saturated heterocycles. The van der Waals surface area contributed by atoms with Crippen molar-refractivity contribution in [1.29, 1.82) is 0 Å². The molecule has 5 heteroatoms. The van der Waals surface area contributed by atoms with Crippen molar-refractivity contribution in [2.75, 3.05) is 0 Å². The Labute approximate surface area is 127 Å². The Kier molecular flexibility index (Phi) is 4.38. The molecule has 0 aliphatic carbocycles. The van der Waals surface area contributed by atoms with Crippen LogP contribution in [0, 0.1) is 18.6 Å². The summed E-state index contributed by atoms with van der Waals surface area (Å²) in [5.41, 5.74) is 7.53. The maximum Gasteiger partial charge on any atom is 0.145 e. The van der Waals surface area contributed by atoms with E-state index in [1.807, 2.05) is 13.0 Å². The smallest absolute Gasteiger partial charge is 0.145 e. The number of rotatable bonds is 2. The second kappa shape index (κ2) is 5.69. The predicted molar refractivity (Wildman–Crippen MR) is 79.0 cm³/mol. The lowest BCUT2D eigenvalue weighted by Gasteiger charge is -2.16. The molecule has 0 radical (unpaired) electrons. The van der Waals surface area contributed by atoms with Crippen LogP contribution in [-0.4, -0.2) is 0 Å². The fraction of sp³-hybridized carbons (Fsp3) is 0.143. The third-order valence-corrected chi connectivity index (χ3v) is 4.41. The van der Waals surface area contributed by atoms with Gasteiger partial charge in [-0.3, -0.25) is 0 Å². The van der Waals surface area contributed by atoms with Gasteiger partial charge in [-0.25, -0.2) is 8.78 Å². The second-order valence-electron chi connectivity index (χ2n) is 4.24. The molecular weight excluding hydrogens is 380 g/mol. The van der Waals surface area contributed by atoms with E-state index < -0.39 is 17.7 Å². The van der Waals surface area contributed by atoms with E-state index in [2.05, 4.69) is 31.9 Å². The SMILES string of the molecule is Cc1ccc(C(N)c2c(F)ccc(Br)c2F)cc1Br. The van der Waals surface area contributed by atoms with Gasteiger partial charge >= 0.3 is 0 Å². The molecule has 1 atom stereocenters. The highest BCUT2D eigenvalue weighted by Gasteiger charge is 2.20. The van der Waals surface area contributed by atoms with Crippen LogP contribution in [0.3, 0.4) is 0 Å². The first kappa shape index (κ1) is 14.6. The lowest BCUT2D eigenvalue weighted by Crippen LogP contribution is -2.16. The van der Waals surface area contributed by atoms with Gasteiger partial charge in [-0.1, -0.05) is 28.1 Å². The largest absolute Gasteiger partial charge is 0.320 e. The van der Waals surface area contributed by atoms with E-state index in [4.69, 9.17) is 5.73 Å². The number of aryl methyl sites for hydroxylation is 1. The molecule has 100 valence electrons. The van der Waals surface area contributed by atoms with Crippen molar-refractivity contribution in [2.45, 2.75) is 13.0 Å². The van der Waals surface area contributed by atoms with Gasteiger partial charge in [0.05, 0.1) is 10.5 Å². The van der Waals surface area contributed by atoms with E-state index in [9.17, 15) is 8.78 Å². The minimum Gasteiger partial charge on any atom is -0.320 e. The van der Waals surface area contributed by atoms with Crippen LogP contribution in [0.5, 0.6) is 0 Å². The maximum atomic E-state index is 14.0. The lowest BCUT2D eigenvalue weighted by molar-refractivity contribution is 0.539. The standard InChI is InChI=1S/C14H11Br2F2N/c1-7-2-3-8(6-10(7)16)14(19)12-11(17)5-4-9(15)13(12)18/h2-6,14H,19H2,1H3. The van der Waals surface area contributed by atoms with Crippen LogP contribution in [0.2, 0.25) is 0 Å². The summed E-state index contributed by atoms with van der Waals surface area (Å²) in [5, 5.41) is 0. The molecular formula is C14H11Br2F2N. The lowest BCUT2D eigenvalue weighted by atomic mass is 9.98. The second-order valence-corrected chi connectivity index (χ2v) is 5.95. The quantitative estimate of drug-likeness (QED) is 0.729. The van der Waals surface area contributed by atoms with Crippen molar-refractivity contribution in [3.8, 4) is 0 Å². The summed E-state index contributed by atoms with van der Waals surface area (Å²) in [5.74, 6) is -1.31. The normalized spacial score (nSPS) is 12.5. The zero-order chi connectivity index (χ0) is 14.2. The van der Waals surface area contributed by atoms with Gasteiger partial charge in [0, 0.05) is 10.0 Å². The molecule has 2 aromatic rings. The van der Waals surface area contributed by atoms with Crippen molar-refractivity contribution in [1.82, 2.24) is 0 Å². The van der Waals surface area contributed by atoms with E-state index in [1.165, 1.54) is 12.1 Å². The van der Waals surface area contributed by atoms with E-state index in [0.717, 1.165) is 10.0 Å². The number of hydrogen-bond acceptors (Lipinski definition) is 1. The summed E-state index contributed by atoms with van der Waals surface area (Å²) in [7, 11) is 0. The molecule has 0 aliphatic heterocycles. The van der Waals surface area contributed by atoms with Crippen LogP contribution >= 0.6 is 31.9 Å². The van der Waals surface area contributed by atoms with E-state index in [0.29, 0.717) is 5.56 Å². The zero-order valence-corrected chi connectivity index (χ0v) is 13.2. The number of halogens is 4. The van der Waals surface area contributed by atoms with Crippen molar-refractivity contribution in [3.05, 3.63) is 67.6 Å². The van der Waals surface area contributed by atoms with Crippen LogP contribution in [0.4, 0.5) is 8.78 Å². The molecule has 0 spiro atoms. The highest BCUT2D eigenvalue weighted by Crippen LogP contribution is 2.30. The molecule has 0 saturated carbocycles. The minimum atomic E-state index is -0.852. The fourth-order valence-electron chi connectivity index (χ4n) is 1.80. The van der Waals surface area contributed by atoms with Gasteiger partial charge in [0.25, 0.3) is 0 Å². The van der Waals surface area contributed by atoms with Gasteiger partial charge < -0.3 is 5.73 Å². The number of nitrogens with two attached hydrogens (primary N) is 1. The number of hydrogen-bond donors (Lipinski definition) is 1. The Bertz CT molecular complexity index is 629. The molecule has 0 heterocycles. The van der Waals surface area contributed by atoms with Gasteiger partial charge in [-0.15, -0.1) is 0 Å². The minimum absolute atomic E-state index is 0.134. The first-order valence-electron chi connectivity index (χ1n) is 5.57. The first-order chi connectivity index (χ1) is 8.91. The van der Waals surface area contributed by atoms with Crippen LogP contribution < -0.4 is 5.73 Å². The van der Waals surface area contributed by atoms with Crippen LogP contribution in [-0.2, 0) is 0 Å². The molecule has 1 unspecified atom stereocenters. The zero-order valence-electron chi connectivity index (χ0n) is 10.1. The van der Waals surface area contributed by atoms with Gasteiger partial charge in [-0.2, -0.15) is 0 Å². The van der Waals surface area contributed by atoms with Crippen molar-refractivity contribution < 1.29 is 8.78 Å². The molecule has 1 nitrogen and oxygen atoms in total. The summed E-state index contributed by atoms with van der Waals surface area (Å²) in [4.78, 5) is 0. The maximum absolute atomic E-state index is 14.0. The first-order valence-corrected chi connectivity index (χ1v) is 7.15. The average Bonchev–Trinajstić information content (AvgIpc) is 2.37. The van der Waals surface area contributed by atoms with Gasteiger partial charge in [-0.05, 0) is 52.2 Å². The van der Waals surface area contributed by atoms with Crippen molar-refractivity contribution in [3.63, 3.8) is 0 Å². The molecule has 2 N–H and O–H groups in total. The highest BCUT2D eigenvalue weighted by molar-refractivity contribution is 9.10. The molecule has 2 rings (SSSR count). The van der Waals surface area contributed by atoms with Crippen molar-refractivity contribution in [2.24, 2.45) is 5.73 Å². The van der Waals surface area contributed by atoms with Crippen LogP contribution in [0.25, 0.3) is 0 Å². The third-order valence-electron chi connectivity index (χ3n) is 2.95. The topological polar surface area (TPSA) is 26.0 Å².